The van der Waals surface area contributed by atoms with Gasteiger partial charge in [-0.25, -0.2) is 4.79 Å². The lowest BCUT2D eigenvalue weighted by molar-refractivity contribution is -0.176. The Morgan fingerprint density at radius 1 is 1.12 bits per heavy atom. The van der Waals surface area contributed by atoms with Crippen LogP contribution in [0.2, 0.25) is 0 Å². The number of fused-ring (bicyclic) bond motifs is 4. The summed E-state index contributed by atoms with van der Waals surface area (Å²) in [5.41, 5.74) is 1.31. The summed E-state index contributed by atoms with van der Waals surface area (Å²) < 4.78 is 17.5. The van der Waals surface area contributed by atoms with Crippen LogP contribution in [-0.2, 0) is 33.4 Å². The van der Waals surface area contributed by atoms with Gasteiger partial charge in [0.05, 0.1) is 0 Å². The maximum absolute atomic E-state index is 12.3. The van der Waals surface area contributed by atoms with Crippen molar-refractivity contribution in [3.05, 3.63) is 34.9 Å². The summed E-state index contributed by atoms with van der Waals surface area (Å²) in [5.74, 6) is -1.65. The lowest BCUT2D eigenvalue weighted by Crippen LogP contribution is -2.56. The van der Waals surface area contributed by atoms with Crippen molar-refractivity contribution in [2.75, 3.05) is 6.61 Å². The van der Waals surface area contributed by atoms with Crippen LogP contribution in [0.4, 0.5) is 0 Å². The molecule has 0 radical (unpaired) electrons. The third-order valence-corrected chi connectivity index (χ3v) is 11.5. The van der Waals surface area contributed by atoms with Crippen molar-refractivity contribution in [1.82, 2.24) is 0 Å². The summed E-state index contributed by atoms with van der Waals surface area (Å²) in [6, 6.07) is 0. The average molecular weight is 585 g/mol. The van der Waals surface area contributed by atoms with Gasteiger partial charge in [0, 0.05) is 43.6 Å². The highest BCUT2D eigenvalue weighted by Gasteiger charge is 2.64. The largest absolute Gasteiger partial charge is 0.478 e. The number of carboxylic acids is 1. The van der Waals surface area contributed by atoms with Crippen LogP contribution in [0.1, 0.15) is 100 Å². The molecular formula is C34H48O8. The van der Waals surface area contributed by atoms with Gasteiger partial charge in [0.2, 0.25) is 0 Å². The Kier molecular flexibility index (Phi) is 8.62. The second-order valence-corrected chi connectivity index (χ2v) is 14.1. The molecule has 8 heteroatoms. The van der Waals surface area contributed by atoms with Crippen molar-refractivity contribution >= 4 is 23.9 Å². The van der Waals surface area contributed by atoms with E-state index in [-0.39, 0.29) is 58.7 Å². The second-order valence-electron chi connectivity index (χ2n) is 14.1. The minimum atomic E-state index is -0.976. The lowest BCUT2D eigenvalue weighted by Gasteiger charge is -2.59. The van der Waals surface area contributed by atoms with Crippen LogP contribution >= 0.6 is 0 Å². The summed E-state index contributed by atoms with van der Waals surface area (Å²) >= 11 is 0. The molecule has 7 atom stereocenters. The Morgan fingerprint density at radius 3 is 2.38 bits per heavy atom. The lowest BCUT2D eigenvalue weighted by atomic mass is 9.46. The van der Waals surface area contributed by atoms with Crippen molar-refractivity contribution in [2.45, 2.75) is 112 Å². The van der Waals surface area contributed by atoms with Crippen molar-refractivity contribution in [3.63, 3.8) is 0 Å². The van der Waals surface area contributed by atoms with Gasteiger partial charge in [-0.15, -0.1) is 0 Å². The fourth-order valence-electron chi connectivity index (χ4n) is 9.08. The minimum absolute atomic E-state index is 0.0120. The van der Waals surface area contributed by atoms with Gasteiger partial charge < -0.3 is 19.3 Å². The van der Waals surface area contributed by atoms with E-state index in [9.17, 15) is 24.3 Å². The second kappa shape index (κ2) is 11.3. The first kappa shape index (κ1) is 32.0. The molecule has 1 saturated heterocycles. The van der Waals surface area contributed by atoms with E-state index in [1.807, 2.05) is 13.8 Å². The van der Waals surface area contributed by atoms with E-state index in [1.165, 1.54) is 25.0 Å². The van der Waals surface area contributed by atoms with Crippen molar-refractivity contribution in [3.8, 4) is 0 Å². The number of rotatable bonds is 8. The molecule has 0 bridgehead atoms. The molecule has 0 aromatic heterocycles. The monoisotopic (exact) mass is 584 g/mol. The number of cyclic esters (lactones) is 1. The van der Waals surface area contributed by atoms with Gasteiger partial charge in [0.1, 0.15) is 18.3 Å². The topological polar surface area (TPSA) is 116 Å². The van der Waals surface area contributed by atoms with Crippen LogP contribution in [-0.4, -0.2) is 47.3 Å². The normalized spacial score (nSPS) is 34.3. The van der Waals surface area contributed by atoms with E-state index >= 15 is 0 Å². The molecule has 3 aliphatic carbocycles. The molecule has 0 amide bonds. The van der Waals surface area contributed by atoms with E-state index in [1.54, 1.807) is 13.0 Å². The zero-order valence-corrected chi connectivity index (χ0v) is 26.5. The molecule has 4 rings (SSSR count). The van der Waals surface area contributed by atoms with E-state index in [0.717, 1.165) is 19.3 Å². The third kappa shape index (κ3) is 5.35. The number of esters is 3. The van der Waals surface area contributed by atoms with Gasteiger partial charge in [0.15, 0.2) is 0 Å². The van der Waals surface area contributed by atoms with E-state index in [2.05, 4.69) is 32.9 Å². The maximum atomic E-state index is 12.3. The van der Waals surface area contributed by atoms with E-state index in [4.69, 9.17) is 14.2 Å². The first-order valence-electron chi connectivity index (χ1n) is 15.3. The summed E-state index contributed by atoms with van der Waals surface area (Å²) in [5, 5.41) is 9.36. The highest BCUT2D eigenvalue weighted by molar-refractivity contribution is 5.85. The molecule has 42 heavy (non-hydrogen) atoms. The predicted molar refractivity (Wildman–Crippen MR) is 157 cm³/mol. The molecule has 1 aliphatic heterocycles. The standard InChI is InChI=1S/C34H48O8/c1-20(30(38)39)9-11-27(41-22(3)35)21(2)24-13-16-33(8)25-10-12-28(31(5,6)42-23(4)36)34(18-15-29(37)40-19-34)26(25)14-17-32(24,33)7/h9-10,14,21,24,27-28H,11-13,15-19H2,1-8H3,(H,38,39)/b20-9-/t21-,24+,27-,28-,32+,33-,34-/m0/s1. The Labute approximate surface area is 249 Å². The van der Waals surface area contributed by atoms with Crippen LogP contribution in [0.25, 0.3) is 0 Å². The summed E-state index contributed by atoms with van der Waals surface area (Å²) in [7, 11) is 0. The Hall–Kier alpha value is -2.90. The van der Waals surface area contributed by atoms with Crippen LogP contribution in [0.15, 0.2) is 34.9 Å². The van der Waals surface area contributed by atoms with Crippen LogP contribution in [0.3, 0.4) is 0 Å². The summed E-state index contributed by atoms with van der Waals surface area (Å²) in [6.07, 6.45) is 10.7. The minimum Gasteiger partial charge on any atom is -0.478 e. The van der Waals surface area contributed by atoms with E-state index < -0.39 is 23.1 Å². The van der Waals surface area contributed by atoms with Crippen molar-refractivity contribution in [1.29, 1.82) is 0 Å². The fraction of sp³-hybridized carbons (Fsp3) is 0.706. The number of allylic oxidation sites excluding steroid dienone is 3. The van der Waals surface area contributed by atoms with Crippen molar-refractivity contribution < 1.29 is 38.5 Å². The Balaban J connectivity index is 1.73. The quantitative estimate of drug-likeness (QED) is 0.200. The molecule has 0 unspecified atom stereocenters. The number of hydrogen-bond acceptors (Lipinski definition) is 7. The van der Waals surface area contributed by atoms with Gasteiger partial charge in [-0.05, 0) is 86.7 Å². The number of carbonyl (C=O) groups excluding carboxylic acids is 3. The third-order valence-electron chi connectivity index (χ3n) is 11.5. The number of carboxylic acid groups (broad SMARTS) is 1. The molecule has 1 saturated carbocycles. The molecule has 0 aromatic rings. The number of ether oxygens (including phenoxy) is 3. The molecule has 1 N–H and O–H groups in total. The van der Waals surface area contributed by atoms with Gasteiger partial charge in [0.25, 0.3) is 0 Å². The van der Waals surface area contributed by atoms with Crippen LogP contribution in [0.5, 0.6) is 0 Å². The zero-order chi connectivity index (χ0) is 31.3. The number of hydrogen-bond donors (Lipinski definition) is 1. The molecule has 1 heterocycles. The van der Waals surface area contributed by atoms with Gasteiger partial charge >= 0.3 is 23.9 Å². The zero-order valence-electron chi connectivity index (χ0n) is 26.5. The molecule has 8 nitrogen and oxygen atoms in total. The molecule has 232 valence electrons. The predicted octanol–water partition coefficient (Wildman–Crippen LogP) is 6.34. The van der Waals surface area contributed by atoms with E-state index in [0.29, 0.717) is 25.7 Å². The van der Waals surface area contributed by atoms with Crippen LogP contribution in [0, 0.1) is 34.0 Å². The molecule has 1 spiro atoms. The smallest absolute Gasteiger partial charge is 0.330 e. The first-order valence-corrected chi connectivity index (χ1v) is 15.3. The molecule has 4 aliphatic rings. The van der Waals surface area contributed by atoms with Crippen LogP contribution < -0.4 is 0 Å². The van der Waals surface area contributed by atoms with Gasteiger partial charge in [-0.1, -0.05) is 39.0 Å². The van der Waals surface area contributed by atoms with Gasteiger partial charge in [-0.3, -0.25) is 14.4 Å². The highest BCUT2D eigenvalue weighted by Crippen LogP contribution is 2.71. The number of carbonyl (C=O) groups is 4. The SMILES string of the molecule is CC(=O)O[C@@H](C/C=C(/C)C(=O)O)[C@@H](C)[C@H]1CC[C@@]2(C)C3=CC[C@@H](C(C)(C)OC(C)=O)[C@]4(CCC(=O)OC4)C3=CC[C@]12C. The number of aliphatic carboxylic acids is 1. The maximum Gasteiger partial charge on any atom is 0.330 e. The Morgan fingerprint density at radius 2 is 1.81 bits per heavy atom. The molecule has 0 aromatic carbocycles. The summed E-state index contributed by atoms with van der Waals surface area (Å²) in [4.78, 5) is 47.9. The van der Waals surface area contributed by atoms with Gasteiger partial charge in [-0.2, -0.15) is 0 Å². The molecular weight excluding hydrogens is 536 g/mol. The average Bonchev–Trinajstić information content (AvgIpc) is 3.17. The van der Waals surface area contributed by atoms with Crippen molar-refractivity contribution in [2.24, 2.45) is 34.0 Å². The Bertz CT molecular complexity index is 1230. The highest BCUT2D eigenvalue weighted by atomic mass is 16.6. The fourth-order valence-corrected chi connectivity index (χ4v) is 9.08. The molecule has 2 fully saturated rings. The first-order chi connectivity index (χ1) is 19.5. The summed E-state index contributed by atoms with van der Waals surface area (Å²) in [6.45, 7) is 15.4.